The number of hydrogen-bond acceptors (Lipinski definition) is 6. The van der Waals surface area contributed by atoms with Crippen molar-refractivity contribution < 1.29 is 14.7 Å². The Hall–Kier alpha value is -0.280. The SMILES string of the molecule is CC(C)N(C(C)C)C(C#N)(C[PH](O)(O)O)N(C(C)C)C(C)C. The third-order valence-electron chi connectivity index (χ3n) is 3.74. The van der Waals surface area contributed by atoms with Gasteiger partial charge < -0.3 is 0 Å². The van der Waals surface area contributed by atoms with Gasteiger partial charge in [-0.2, -0.15) is 0 Å². The van der Waals surface area contributed by atoms with Crippen molar-refractivity contribution in [2.24, 2.45) is 0 Å². The van der Waals surface area contributed by atoms with Gasteiger partial charge in [0.2, 0.25) is 0 Å². The zero-order valence-electron chi connectivity index (χ0n) is 15.2. The van der Waals surface area contributed by atoms with Crippen molar-refractivity contribution in [3.05, 3.63) is 0 Å². The van der Waals surface area contributed by atoms with Crippen LogP contribution in [0.3, 0.4) is 0 Å². The molecule has 0 spiro atoms. The van der Waals surface area contributed by atoms with E-state index >= 15 is 0 Å². The molecule has 6 nitrogen and oxygen atoms in total. The zero-order valence-corrected chi connectivity index (χ0v) is 16.2. The fourth-order valence-corrected chi connectivity index (χ4v) is 4.81. The first-order valence-electron chi connectivity index (χ1n) is 7.95. The Bertz CT molecular complexity index is 350. The standard InChI is InChI=1S/C15H34N3O3P/c1-11(2)17(12(3)4)15(9-16,10-22(19,20)21)18(13(5)6)14(7)8/h11-14,19-22H,10H2,1-8H3. The van der Waals surface area contributed by atoms with Crippen molar-refractivity contribution in [3.63, 3.8) is 0 Å². The van der Waals surface area contributed by atoms with Gasteiger partial charge in [0.15, 0.2) is 0 Å². The summed E-state index contributed by atoms with van der Waals surface area (Å²) in [6, 6.07) is 2.34. The molecule has 0 saturated carbocycles. The second-order valence-corrected chi connectivity index (χ2v) is 8.97. The van der Waals surface area contributed by atoms with Crippen LogP contribution in [0.5, 0.6) is 0 Å². The summed E-state index contributed by atoms with van der Waals surface area (Å²) in [5.74, 6) is 0. The van der Waals surface area contributed by atoms with Gasteiger partial charge in [-0.15, -0.1) is 0 Å². The van der Waals surface area contributed by atoms with Crippen molar-refractivity contribution in [1.82, 2.24) is 9.80 Å². The van der Waals surface area contributed by atoms with Crippen LogP contribution < -0.4 is 0 Å². The molecule has 0 aromatic heterocycles. The second kappa shape index (κ2) is 8.01. The molecule has 0 unspecified atom stereocenters. The number of nitriles is 1. The van der Waals surface area contributed by atoms with Crippen LogP contribution in [0.25, 0.3) is 0 Å². The summed E-state index contributed by atoms with van der Waals surface area (Å²) in [5.41, 5.74) is -1.27. The molecule has 0 aliphatic rings. The Morgan fingerprint density at radius 3 is 1.23 bits per heavy atom. The Morgan fingerprint density at radius 2 is 1.09 bits per heavy atom. The van der Waals surface area contributed by atoms with Gasteiger partial charge in [-0.3, -0.25) is 0 Å². The molecule has 22 heavy (non-hydrogen) atoms. The first-order chi connectivity index (χ1) is 9.80. The summed E-state index contributed by atoms with van der Waals surface area (Å²) < 4.78 is 0. The molecule has 0 rings (SSSR count). The summed E-state index contributed by atoms with van der Waals surface area (Å²) in [6.07, 6.45) is -0.358. The number of nitrogens with zero attached hydrogens (tertiary/aromatic N) is 3. The van der Waals surface area contributed by atoms with E-state index in [1.165, 1.54) is 0 Å². The first-order valence-corrected chi connectivity index (χ1v) is 10.00. The average Bonchev–Trinajstić information content (AvgIpc) is 2.23. The fraction of sp³-hybridized carbons (Fsp3) is 0.933. The topological polar surface area (TPSA) is 91.0 Å². The molecule has 0 atom stereocenters. The average molecular weight is 335 g/mol. The molecule has 0 aromatic carbocycles. The van der Waals surface area contributed by atoms with Gasteiger partial charge in [-0.25, -0.2) is 0 Å². The normalized spacial score (nSPS) is 14.7. The zero-order chi connectivity index (χ0) is 17.9. The summed E-state index contributed by atoms with van der Waals surface area (Å²) in [4.78, 5) is 33.2. The first kappa shape index (κ1) is 21.7. The van der Waals surface area contributed by atoms with Crippen LogP contribution in [0.15, 0.2) is 0 Å². The molecule has 7 heteroatoms. The van der Waals surface area contributed by atoms with E-state index in [1.807, 2.05) is 65.2 Å². The molecule has 0 fully saturated rings. The van der Waals surface area contributed by atoms with Crippen LogP contribution in [0.4, 0.5) is 0 Å². The molecule has 0 amide bonds. The monoisotopic (exact) mass is 335 g/mol. The Kier molecular flexibility index (Phi) is 7.91. The van der Waals surface area contributed by atoms with Crippen molar-refractivity contribution in [2.75, 3.05) is 6.16 Å². The van der Waals surface area contributed by atoms with Crippen molar-refractivity contribution in [2.45, 2.75) is 85.2 Å². The molecule has 0 aromatic rings. The second-order valence-electron chi connectivity index (χ2n) is 7.07. The maximum atomic E-state index is 10.0. The number of rotatable bonds is 8. The van der Waals surface area contributed by atoms with Gasteiger partial charge in [0, 0.05) is 0 Å². The molecule has 0 saturated heterocycles. The Labute approximate surface area is 135 Å². The fourth-order valence-electron chi connectivity index (χ4n) is 3.70. The summed E-state index contributed by atoms with van der Waals surface area (Å²) in [6.45, 7) is 15.8. The van der Waals surface area contributed by atoms with Gasteiger partial charge in [0.1, 0.15) is 0 Å². The van der Waals surface area contributed by atoms with Gasteiger partial charge in [0.05, 0.1) is 0 Å². The van der Waals surface area contributed by atoms with Crippen LogP contribution >= 0.6 is 7.94 Å². The molecular weight excluding hydrogens is 301 g/mol. The van der Waals surface area contributed by atoms with E-state index in [2.05, 4.69) is 6.07 Å². The predicted molar refractivity (Wildman–Crippen MR) is 92.4 cm³/mol. The van der Waals surface area contributed by atoms with Crippen LogP contribution in [0.1, 0.15) is 55.4 Å². The summed E-state index contributed by atoms with van der Waals surface area (Å²) >= 11 is 0. The van der Waals surface area contributed by atoms with E-state index in [0.29, 0.717) is 0 Å². The van der Waals surface area contributed by atoms with Crippen LogP contribution in [-0.2, 0) is 0 Å². The molecule has 3 N–H and O–H groups in total. The quantitative estimate of drug-likeness (QED) is 0.464. The van der Waals surface area contributed by atoms with Crippen molar-refractivity contribution in [1.29, 1.82) is 5.26 Å². The minimum absolute atomic E-state index is 0.0102. The van der Waals surface area contributed by atoms with Gasteiger partial charge in [-0.05, 0) is 0 Å². The maximum absolute atomic E-state index is 10.0. The van der Waals surface area contributed by atoms with Crippen LogP contribution in [0, 0.1) is 11.3 Å². The molecule has 132 valence electrons. The van der Waals surface area contributed by atoms with E-state index in [1.54, 1.807) is 0 Å². The van der Waals surface area contributed by atoms with E-state index in [4.69, 9.17) is 0 Å². The van der Waals surface area contributed by atoms with E-state index in [9.17, 15) is 19.9 Å². The van der Waals surface area contributed by atoms with E-state index in [0.717, 1.165) is 0 Å². The van der Waals surface area contributed by atoms with Gasteiger partial charge in [-0.1, -0.05) is 0 Å². The molecule has 0 radical (unpaired) electrons. The van der Waals surface area contributed by atoms with Gasteiger partial charge >= 0.3 is 135 Å². The van der Waals surface area contributed by atoms with Crippen LogP contribution in [-0.4, -0.2) is 60.5 Å². The Morgan fingerprint density at radius 1 is 0.818 bits per heavy atom. The minimum atomic E-state index is -4.43. The number of hydrogen-bond donors (Lipinski definition) is 3. The van der Waals surface area contributed by atoms with Crippen molar-refractivity contribution in [3.8, 4) is 6.07 Å². The molecule has 0 aliphatic carbocycles. The molecule has 0 heterocycles. The third-order valence-corrected chi connectivity index (χ3v) is 4.71. The van der Waals surface area contributed by atoms with Gasteiger partial charge in [0.25, 0.3) is 0 Å². The molecule has 0 aliphatic heterocycles. The molecular formula is C15H34N3O3P. The summed E-state index contributed by atoms with van der Waals surface area (Å²) in [5, 5.41) is 10.0. The third kappa shape index (κ3) is 5.13. The van der Waals surface area contributed by atoms with Crippen molar-refractivity contribution >= 4 is 7.94 Å². The van der Waals surface area contributed by atoms with Crippen LogP contribution in [0.2, 0.25) is 0 Å². The summed E-state index contributed by atoms with van der Waals surface area (Å²) in [7, 11) is -4.43. The van der Waals surface area contributed by atoms with E-state index in [-0.39, 0.29) is 30.3 Å². The molecule has 0 bridgehead atoms. The van der Waals surface area contributed by atoms with E-state index < -0.39 is 13.6 Å². The predicted octanol–water partition coefficient (Wildman–Crippen LogP) is 1.92. The Balaban J connectivity index is 6.30.